The van der Waals surface area contributed by atoms with Gasteiger partial charge in [0.05, 0.1) is 23.6 Å². The molecule has 1 amide bonds. The van der Waals surface area contributed by atoms with Crippen LogP contribution in [0.2, 0.25) is 0 Å². The zero-order valence-electron chi connectivity index (χ0n) is 16.4. The summed E-state index contributed by atoms with van der Waals surface area (Å²) in [6, 6.07) is 9.65. The third-order valence-corrected chi connectivity index (χ3v) is 4.44. The van der Waals surface area contributed by atoms with E-state index in [-0.39, 0.29) is 23.4 Å². The molecule has 30 heavy (non-hydrogen) atoms. The molecule has 156 valence electrons. The smallest absolute Gasteiger partial charge is 0.394 e. The molecule has 0 aliphatic carbocycles. The number of carbonyl (C=O) groups excluding carboxylic acids is 1. The molecule has 1 aromatic carbocycles. The predicted octanol–water partition coefficient (Wildman–Crippen LogP) is 4.25. The molecule has 0 saturated carbocycles. The lowest BCUT2D eigenvalue weighted by Gasteiger charge is -2.15. The van der Waals surface area contributed by atoms with Crippen LogP contribution >= 0.6 is 0 Å². The average molecular weight is 415 g/mol. The van der Waals surface area contributed by atoms with E-state index in [2.05, 4.69) is 15.3 Å². The van der Waals surface area contributed by atoms with Crippen molar-refractivity contribution in [2.24, 2.45) is 0 Å². The van der Waals surface area contributed by atoms with Crippen LogP contribution < -0.4 is 5.32 Å². The quantitative estimate of drug-likeness (QED) is 0.653. The van der Waals surface area contributed by atoms with Crippen LogP contribution in [0.25, 0.3) is 22.5 Å². The minimum absolute atomic E-state index is 0.143. The molecule has 0 fully saturated rings. The first-order valence-corrected chi connectivity index (χ1v) is 9.21. The maximum absolute atomic E-state index is 13.5. The van der Waals surface area contributed by atoms with E-state index < -0.39 is 23.7 Å². The zero-order chi connectivity index (χ0) is 21.9. The molecule has 5 nitrogen and oxygen atoms in total. The normalized spacial score (nSPS) is 12.5. The molecule has 0 radical (unpaired) electrons. The van der Waals surface area contributed by atoms with Crippen LogP contribution in [0.15, 0.2) is 54.9 Å². The van der Waals surface area contributed by atoms with E-state index in [4.69, 9.17) is 0 Å². The van der Waals surface area contributed by atoms with Crippen LogP contribution in [0.4, 0.5) is 13.2 Å². The third kappa shape index (κ3) is 4.83. The van der Waals surface area contributed by atoms with Gasteiger partial charge in [-0.1, -0.05) is 6.07 Å². The summed E-state index contributed by atoms with van der Waals surface area (Å²) in [6.45, 7) is 3.22. The van der Waals surface area contributed by atoms with Crippen molar-refractivity contribution >= 4 is 5.91 Å². The largest absolute Gasteiger partial charge is 0.418 e. The Kier molecular flexibility index (Phi) is 6.17. The summed E-state index contributed by atoms with van der Waals surface area (Å²) in [5, 5.41) is 11.8. The first kappa shape index (κ1) is 21.4. The van der Waals surface area contributed by atoms with Gasteiger partial charge in [-0.25, -0.2) is 0 Å². The lowest BCUT2D eigenvalue weighted by atomic mass is 9.97. The lowest BCUT2D eigenvalue weighted by molar-refractivity contribution is -0.137. The zero-order valence-corrected chi connectivity index (χ0v) is 16.4. The molecule has 0 bridgehead atoms. The van der Waals surface area contributed by atoms with Gasteiger partial charge in [-0.2, -0.15) is 13.2 Å². The molecule has 3 aromatic rings. The Morgan fingerprint density at radius 3 is 2.50 bits per heavy atom. The summed E-state index contributed by atoms with van der Waals surface area (Å²) in [7, 11) is 0. The van der Waals surface area contributed by atoms with Crippen molar-refractivity contribution < 1.29 is 23.1 Å². The van der Waals surface area contributed by atoms with Gasteiger partial charge in [-0.05, 0) is 55.8 Å². The topological polar surface area (TPSA) is 75.1 Å². The summed E-state index contributed by atoms with van der Waals surface area (Å²) in [4.78, 5) is 20.9. The van der Waals surface area contributed by atoms with Gasteiger partial charge in [-0.15, -0.1) is 0 Å². The Hall–Kier alpha value is -3.26. The highest BCUT2D eigenvalue weighted by molar-refractivity contribution is 5.97. The number of aliphatic hydroxyl groups excluding tert-OH is 1. The first-order chi connectivity index (χ1) is 14.2. The maximum atomic E-state index is 13.5. The molecule has 0 spiro atoms. The van der Waals surface area contributed by atoms with E-state index >= 15 is 0 Å². The Labute approximate surface area is 171 Å². The Balaban J connectivity index is 2.18. The SMILES string of the molecule is Cc1ccc(-c2cc(C(=O)NC(C)CO)cc(-c3ncccc3C(F)(F)F)c2)nc1. The number of pyridine rings is 2. The van der Waals surface area contributed by atoms with E-state index in [1.54, 1.807) is 25.3 Å². The second-order valence-corrected chi connectivity index (χ2v) is 6.97. The van der Waals surface area contributed by atoms with E-state index in [0.29, 0.717) is 11.3 Å². The number of amides is 1. The molecule has 0 aliphatic rings. The lowest BCUT2D eigenvalue weighted by Crippen LogP contribution is -2.35. The first-order valence-electron chi connectivity index (χ1n) is 9.21. The van der Waals surface area contributed by atoms with Crippen molar-refractivity contribution in [1.29, 1.82) is 0 Å². The van der Waals surface area contributed by atoms with E-state index in [1.807, 2.05) is 13.0 Å². The van der Waals surface area contributed by atoms with Crippen molar-refractivity contribution in [3.8, 4) is 22.5 Å². The Morgan fingerprint density at radius 1 is 1.13 bits per heavy atom. The fourth-order valence-electron chi connectivity index (χ4n) is 2.90. The van der Waals surface area contributed by atoms with Gasteiger partial charge < -0.3 is 10.4 Å². The van der Waals surface area contributed by atoms with E-state index in [1.165, 1.54) is 24.4 Å². The van der Waals surface area contributed by atoms with Gasteiger partial charge in [0, 0.05) is 35.1 Å². The number of hydrogen-bond acceptors (Lipinski definition) is 4. The highest BCUT2D eigenvalue weighted by Gasteiger charge is 2.34. The second-order valence-electron chi connectivity index (χ2n) is 6.97. The summed E-state index contributed by atoms with van der Waals surface area (Å²) < 4.78 is 40.6. The summed E-state index contributed by atoms with van der Waals surface area (Å²) in [5.41, 5.74) is 1.03. The molecular weight excluding hydrogens is 395 g/mol. The molecule has 2 aromatic heterocycles. The number of aromatic nitrogens is 2. The van der Waals surface area contributed by atoms with Gasteiger partial charge in [0.1, 0.15) is 0 Å². The number of nitrogens with one attached hydrogen (secondary N) is 1. The summed E-state index contributed by atoms with van der Waals surface area (Å²) in [6.07, 6.45) is -1.69. The van der Waals surface area contributed by atoms with Crippen LogP contribution in [0.5, 0.6) is 0 Å². The van der Waals surface area contributed by atoms with Crippen LogP contribution in [-0.4, -0.2) is 33.6 Å². The molecule has 3 rings (SSSR count). The monoisotopic (exact) mass is 415 g/mol. The fraction of sp³-hybridized carbons (Fsp3) is 0.227. The van der Waals surface area contributed by atoms with Crippen LogP contribution in [0.1, 0.15) is 28.4 Å². The second kappa shape index (κ2) is 8.62. The molecule has 0 aliphatic heterocycles. The van der Waals surface area contributed by atoms with Gasteiger partial charge >= 0.3 is 6.18 Å². The highest BCUT2D eigenvalue weighted by Crippen LogP contribution is 2.37. The van der Waals surface area contributed by atoms with Gasteiger partial charge in [0.2, 0.25) is 0 Å². The number of alkyl halides is 3. The molecule has 8 heteroatoms. The van der Waals surface area contributed by atoms with E-state index in [9.17, 15) is 23.1 Å². The van der Waals surface area contributed by atoms with Crippen molar-refractivity contribution in [2.75, 3.05) is 6.61 Å². The number of nitrogens with zero attached hydrogens (tertiary/aromatic N) is 2. The number of carbonyl (C=O) groups is 1. The van der Waals surface area contributed by atoms with Gasteiger partial charge in [0.15, 0.2) is 0 Å². The van der Waals surface area contributed by atoms with Crippen LogP contribution in [0, 0.1) is 6.92 Å². The fourth-order valence-corrected chi connectivity index (χ4v) is 2.90. The summed E-state index contributed by atoms with van der Waals surface area (Å²) >= 11 is 0. The molecule has 2 heterocycles. The van der Waals surface area contributed by atoms with Crippen molar-refractivity contribution in [3.05, 3.63) is 71.5 Å². The van der Waals surface area contributed by atoms with Crippen LogP contribution in [0.3, 0.4) is 0 Å². The molecule has 1 atom stereocenters. The Morgan fingerprint density at radius 2 is 1.87 bits per heavy atom. The molecule has 2 N–H and O–H groups in total. The number of halogens is 3. The van der Waals surface area contributed by atoms with Crippen LogP contribution in [-0.2, 0) is 6.18 Å². The number of aryl methyl sites for hydroxylation is 1. The molecule has 0 saturated heterocycles. The Bertz CT molecular complexity index is 1050. The van der Waals surface area contributed by atoms with Crippen molar-refractivity contribution in [1.82, 2.24) is 15.3 Å². The minimum Gasteiger partial charge on any atom is -0.394 e. The van der Waals surface area contributed by atoms with E-state index in [0.717, 1.165) is 11.6 Å². The maximum Gasteiger partial charge on any atom is 0.418 e. The third-order valence-electron chi connectivity index (χ3n) is 4.44. The predicted molar refractivity (Wildman–Crippen MR) is 107 cm³/mol. The number of hydrogen-bond donors (Lipinski definition) is 2. The van der Waals surface area contributed by atoms with Gasteiger partial charge in [-0.3, -0.25) is 14.8 Å². The minimum atomic E-state index is -4.60. The molecular formula is C22H20F3N3O2. The summed E-state index contributed by atoms with van der Waals surface area (Å²) in [5.74, 6) is -0.517. The number of benzene rings is 1. The number of aliphatic hydroxyl groups is 1. The molecule has 1 unspecified atom stereocenters. The van der Waals surface area contributed by atoms with Gasteiger partial charge in [0.25, 0.3) is 5.91 Å². The average Bonchev–Trinajstić information content (AvgIpc) is 2.73. The highest BCUT2D eigenvalue weighted by atomic mass is 19.4. The standard InChI is InChI=1S/C22H20F3N3O2/c1-13-5-6-19(27-11-13)15-8-16(10-17(9-15)21(30)28-14(2)12-29)20-18(22(23,24)25)4-3-7-26-20/h3-11,14,29H,12H2,1-2H3,(H,28,30). The van der Waals surface area contributed by atoms with Crippen molar-refractivity contribution in [2.45, 2.75) is 26.1 Å². The number of rotatable bonds is 5. The van der Waals surface area contributed by atoms with Crippen molar-refractivity contribution in [3.63, 3.8) is 0 Å².